The minimum Gasteiger partial charge on any atom is -0.481 e. The summed E-state index contributed by atoms with van der Waals surface area (Å²) in [5.74, 6) is -0.763. The summed E-state index contributed by atoms with van der Waals surface area (Å²) in [5, 5.41) is 9.01. The van der Waals surface area contributed by atoms with Crippen molar-refractivity contribution in [3.63, 3.8) is 0 Å². The largest absolute Gasteiger partial charge is 0.481 e. The highest BCUT2D eigenvalue weighted by Gasteiger charge is 2.11. The van der Waals surface area contributed by atoms with Crippen molar-refractivity contribution >= 4 is 21.9 Å². The number of halogens is 1. The lowest BCUT2D eigenvalue weighted by Crippen LogP contribution is -2.09. The van der Waals surface area contributed by atoms with Gasteiger partial charge in [-0.25, -0.2) is 0 Å². The molecule has 3 nitrogen and oxygen atoms in total. The van der Waals surface area contributed by atoms with E-state index in [-0.39, 0.29) is 6.42 Å². The fourth-order valence-electron chi connectivity index (χ4n) is 2.99. The van der Waals surface area contributed by atoms with Crippen LogP contribution in [0.1, 0.15) is 17.7 Å². The molecule has 3 aromatic rings. The predicted molar refractivity (Wildman–Crippen MR) is 104 cm³/mol. The van der Waals surface area contributed by atoms with Crippen LogP contribution in [0.4, 0.5) is 0 Å². The Kier molecular flexibility index (Phi) is 5.71. The molecule has 0 amide bonds. The normalized spacial score (nSPS) is 10.8. The standard InChI is InChI=1S/C21H20BrNO2/c22-18-8-6-17(7-9-18)20-12-10-19(11-13-21(24)25)23(20)15-14-16-4-2-1-3-5-16/h1-10,12H,11,13-15H2,(H,24,25). The molecule has 4 heteroatoms. The minimum atomic E-state index is -0.763. The number of carbonyl (C=O) groups is 1. The summed E-state index contributed by atoms with van der Waals surface area (Å²) in [4.78, 5) is 11.0. The molecule has 0 aliphatic rings. The maximum Gasteiger partial charge on any atom is 0.303 e. The Morgan fingerprint density at radius 2 is 1.64 bits per heavy atom. The van der Waals surface area contributed by atoms with E-state index in [1.165, 1.54) is 5.56 Å². The van der Waals surface area contributed by atoms with Gasteiger partial charge in [0, 0.05) is 22.4 Å². The van der Waals surface area contributed by atoms with Crippen molar-refractivity contribution in [1.29, 1.82) is 0 Å². The van der Waals surface area contributed by atoms with Crippen LogP contribution in [0.5, 0.6) is 0 Å². The second kappa shape index (κ2) is 8.17. The summed E-state index contributed by atoms with van der Waals surface area (Å²) in [6.45, 7) is 0.831. The van der Waals surface area contributed by atoms with E-state index in [4.69, 9.17) is 5.11 Å². The van der Waals surface area contributed by atoms with Crippen LogP contribution in [0.2, 0.25) is 0 Å². The second-order valence-corrected chi connectivity index (χ2v) is 6.91. The highest BCUT2D eigenvalue weighted by Crippen LogP contribution is 2.25. The predicted octanol–water partition coefficient (Wildman–Crippen LogP) is 5.18. The van der Waals surface area contributed by atoms with Crippen LogP contribution < -0.4 is 0 Å². The number of benzene rings is 2. The van der Waals surface area contributed by atoms with Crippen LogP contribution in [0.3, 0.4) is 0 Å². The Labute approximate surface area is 156 Å². The van der Waals surface area contributed by atoms with E-state index >= 15 is 0 Å². The van der Waals surface area contributed by atoms with E-state index in [9.17, 15) is 4.79 Å². The molecule has 0 bridgehead atoms. The Morgan fingerprint density at radius 1 is 0.920 bits per heavy atom. The second-order valence-electron chi connectivity index (χ2n) is 6.00. The Morgan fingerprint density at radius 3 is 2.32 bits per heavy atom. The molecule has 128 valence electrons. The number of carboxylic acids is 1. The van der Waals surface area contributed by atoms with Crippen molar-refractivity contribution in [3.8, 4) is 11.3 Å². The van der Waals surface area contributed by atoms with Crippen LogP contribution in [-0.4, -0.2) is 15.6 Å². The number of carboxylic acid groups (broad SMARTS) is 1. The van der Waals surface area contributed by atoms with Gasteiger partial charge < -0.3 is 9.67 Å². The third-order valence-corrected chi connectivity index (χ3v) is 4.80. The van der Waals surface area contributed by atoms with Crippen molar-refractivity contribution < 1.29 is 9.90 Å². The Hall–Kier alpha value is -2.33. The van der Waals surface area contributed by atoms with Crippen molar-refractivity contribution in [2.45, 2.75) is 25.8 Å². The van der Waals surface area contributed by atoms with E-state index in [1.807, 2.05) is 36.4 Å². The monoisotopic (exact) mass is 397 g/mol. The van der Waals surface area contributed by atoms with Crippen LogP contribution in [0.25, 0.3) is 11.3 Å². The zero-order valence-corrected chi connectivity index (χ0v) is 15.4. The summed E-state index contributed by atoms with van der Waals surface area (Å²) < 4.78 is 3.30. The van der Waals surface area contributed by atoms with E-state index in [2.05, 4.69) is 50.8 Å². The Balaban J connectivity index is 1.88. The molecule has 0 radical (unpaired) electrons. The van der Waals surface area contributed by atoms with E-state index < -0.39 is 5.97 Å². The van der Waals surface area contributed by atoms with Gasteiger partial charge in [0.1, 0.15) is 0 Å². The third-order valence-electron chi connectivity index (χ3n) is 4.27. The molecule has 0 spiro atoms. The van der Waals surface area contributed by atoms with Crippen LogP contribution in [0.15, 0.2) is 71.2 Å². The van der Waals surface area contributed by atoms with Crippen molar-refractivity contribution in [2.24, 2.45) is 0 Å². The first kappa shape index (κ1) is 17.5. The van der Waals surface area contributed by atoms with Crippen molar-refractivity contribution in [3.05, 3.63) is 82.5 Å². The average Bonchev–Trinajstić information content (AvgIpc) is 3.02. The van der Waals surface area contributed by atoms with Crippen LogP contribution in [-0.2, 0) is 24.2 Å². The van der Waals surface area contributed by atoms with Crippen LogP contribution in [0, 0.1) is 0 Å². The topological polar surface area (TPSA) is 42.2 Å². The number of rotatable bonds is 7. The quantitative estimate of drug-likeness (QED) is 0.596. The summed E-state index contributed by atoms with van der Waals surface area (Å²) in [6.07, 6.45) is 1.61. The first-order valence-electron chi connectivity index (χ1n) is 8.33. The van der Waals surface area contributed by atoms with Gasteiger partial charge in [0.15, 0.2) is 0 Å². The molecule has 0 saturated heterocycles. The number of nitrogens with zero attached hydrogens (tertiary/aromatic N) is 1. The smallest absolute Gasteiger partial charge is 0.303 e. The third kappa shape index (κ3) is 4.60. The lowest BCUT2D eigenvalue weighted by molar-refractivity contribution is -0.136. The molecule has 3 rings (SSSR count). The molecule has 1 heterocycles. The molecule has 0 fully saturated rings. The van der Waals surface area contributed by atoms with E-state index in [0.717, 1.165) is 34.4 Å². The average molecular weight is 398 g/mol. The molecule has 25 heavy (non-hydrogen) atoms. The van der Waals surface area contributed by atoms with Gasteiger partial charge in [-0.2, -0.15) is 0 Å². The summed E-state index contributed by atoms with van der Waals surface area (Å²) >= 11 is 3.47. The molecular weight excluding hydrogens is 378 g/mol. The lowest BCUT2D eigenvalue weighted by atomic mass is 10.1. The van der Waals surface area contributed by atoms with Gasteiger partial charge in [-0.05, 0) is 48.2 Å². The lowest BCUT2D eigenvalue weighted by Gasteiger charge is -2.14. The minimum absolute atomic E-state index is 0.148. The van der Waals surface area contributed by atoms with E-state index in [1.54, 1.807) is 0 Å². The highest BCUT2D eigenvalue weighted by molar-refractivity contribution is 9.10. The first-order valence-corrected chi connectivity index (χ1v) is 9.13. The number of hydrogen-bond donors (Lipinski definition) is 1. The first-order chi connectivity index (χ1) is 12.1. The zero-order chi connectivity index (χ0) is 17.6. The summed E-state index contributed by atoms with van der Waals surface area (Å²) in [7, 11) is 0. The number of hydrogen-bond acceptors (Lipinski definition) is 1. The van der Waals surface area contributed by atoms with Gasteiger partial charge in [0.05, 0.1) is 6.42 Å². The number of aliphatic carboxylic acids is 1. The van der Waals surface area contributed by atoms with Gasteiger partial charge in [-0.1, -0.05) is 58.4 Å². The van der Waals surface area contributed by atoms with Gasteiger partial charge in [-0.3, -0.25) is 4.79 Å². The van der Waals surface area contributed by atoms with Crippen LogP contribution >= 0.6 is 15.9 Å². The molecule has 1 N–H and O–H groups in total. The molecule has 0 saturated carbocycles. The SMILES string of the molecule is O=C(O)CCc1ccc(-c2ccc(Br)cc2)n1CCc1ccccc1. The molecule has 0 aliphatic heterocycles. The maximum atomic E-state index is 11.0. The summed E-state index contributed by atoms with van der Waals surface area (Å²) in [5.41, 5.74) is 4.61. The van der Waals surface area contributed by atoms with Gasteiger partial charge >= 0.3 is 5.97 Å². The van der Waals surface area contributed by atoms with Gasteiger partial charge in [0.25, 0.3) is 0 Å². The molecule has 0 atom stereocenters. The fourth-order valence-corrected chi connectivity index (χ4v) is 3.25. The molecule has 0 unspecified atom stereocenters. The van der Waals surface area contributed by atoms with Crippen molar-refractivity contribution in [1.82, 2.24) is 4.57 Å². The molecule has 0 aliphatic carbocycles. The molecular formula is C21H20BrNO2. The highest BCUT2D eigenvalue weighted by atomic mass is 79.9. The Bertz CT molecular complexity index is 838. The summed E-state index contributed by atoms with van der Waals surface area (Å²) in [6, 6.07) is 22.7. The number of aromatic nitrogens is 1. The molecule has 2 aromatic carbocycles. The van der Waals surface area contributed by atoms with E-state index in [0.29, 0.717) is 6.42 Å². The van der Waals surface area contributed by atoms with Gasteiger partial charge in [0.2, 0.25) is 0 Å². The van der Waals surface area contributed by atoms with Gasteiger partial charge in [-0.15, -0.1) is 0 Å². The van der Waals surface area contributed by atoms with Crippen molar-refractivity contribution in [2.75, 3.05) is 0 Å². The zero-order valence-electron chi connectivity index (χ0n) is 13.9. The molecule has 1 aromatic heterocycles. The fraction of sp³-hybridized carbons (Fsp3) is 0.190. The maximum absolute atomic E-state index is 11.0. The number of aryl methyl sites for hydroxylation is 2.